The molecular formula is C22H18F4N2O3S. The molecule has 0 aliphatic rings. The fourth-order valence-electron chi connectivity index (χ4n) is 2.88. The van der Waals surface area contributed by atoms with Gasteiger partial charge in [-0.2, -0.15) is 13.2 Å². The number of nitrogens with one attached hydrogen (secondary N) is 1. The number of rotatable bonds is 7. The van der Waals surface area contributed by atoms with Gasteiger partial charge in [0.1, 0.15) is 12.4 Å². The summed E-state index contributed by atoms with van der Waals surface area (Å²) < 4.78 is 80.7. The number of anilines is 1. The van der Waals surface area contributed by atoms with Crippen LogP contribution in [-0.4, -0.2) is 20.9 Å². The average Bonchev–Trinajstić information content (AvgIpc) is 2.77. The van der Waals surface area contributed by atoms with Crippen LogP contribution in [0.3, 0.4) is 0 Å². The molecule has 3 rings (SSSR count). The Morgan fingerprint density at radius 3 is 2.09 bits per heavy atom. The van der Waals surface area contributed by atoms with Gasteiger partial charge in [0.2, 0.25) is 5.91 Å². The first-order valence-electron chi connectivity index (χ1n) is 9.34. The fourth-order valence-corrected chi connectivity index (χ4v) is 4.32. The van der Waals surface area contributed by atoms with E-state index in [1.165, 1.54) is 24.3 Å². The van der Waals surface area contributed by atoms with E-state index in [-0.39, 0.29) is 11.4 Å². The van der Waals surface area contributed by atoms with Crippen LogP contribution in [0.5, 0.6) is 0 Å². The van der Waals surface area contributed by atoms with Crippen molar-refractivity contribution < 1.29 is 30.8 Å². The van der Waals surface area contributed by atoms with Crippen LogP contribution < -0.4 is 9.62 Å². The Hall–Kier alpha value is -3.40. The highest BCUT2D eigenvalue weighted by Gasteiger charge is 2.34. The average molecular weight is 466 g/mol. The van der Waals surface area contributed by atoms with E-state index >= 15 is 0 Å². The molecule has 0 saturated carbocycles. The Labute approximate surface area is 182 Å². The van der Waals surface area contributed by atoms with Crippen LogP contribution in [0.2, 0.25) is 0 Å². The summed E-state index contributed by atoms with van der Waals surface area (Å²) in [5.74, 6) is -2.03. The maximum Gasteiger partial charge on any atom is 0.416 e. The van der Waals surface area contributed by atoms with E-state index in [4.69, 9.17) is 0 Å². The smallest absolute Gasteiger partial charge is 0.350 e. The minimum atomic E-state index is -4.83. The van der Waals surface area contributed by atoms with E-state index in [1.807, 2.05) is 0 Å². The summed E-state index contributed by atoms with van der Waals surface area (Å²) in [5.41, 5.74) is -1.39. The lowest BCUT2D eigenvalue weighted by atomic mass is 10.2. The van der Waals surface area contributed by atoms with E-state index in [2.05, 4.69) is 5.32 Å². The highest BCUT2D eigenvalue weighted by molar-refractivity contribution is 7.92. The van der Waals surface area contributed by atoms with Crippen LogP contribution in [0, 0.1) is 5.82 Å². The van der Waals surface area contributed by atoms with Crippen molar-refractivity contribution in [3.63, 3.8) is 0 Å². The second-order valence-corrected chi connectivity index (χ2v) is 8.61. The topological polar surface area (TPSA) is 66.5 Å². The number of hydrogen-bond acceptors (Lipinski definition) is 3. The largest absolute Gasteiger partial charge is 0.416 e. The molecular weight excluding hydrogens is 448 g/mol. The van der Waals surface area contributed by atoms with E-state index in [9.17, 15) is 30.8 Å². The van der Waals surface area contributed by atoms with Gasteiger partial charge in [0.05, 0.1) is 16.1 Å². The molecule has 3 aromatic rings. The molecule has 1 N–H and O–H groups in total. The standard InChI is InChI=1S/C22H18F4N2O3S/c23-19-12-11-17(22(24,25)26)13-20(19)28(32(30,31)18-9-5-2-6-10-18)15-21(29)27-14-16-7-3-1-4-8-16/h1-13H,14-15H2,(H,27,29). The molecule has 0 aliphatic heterocycles. The van der Waals surface area contributed by atoms with E-state index in [0.29, 0.717) is 22.5 Å². The number of benzene rings is 3. The lowest BCUT2D eigenvalue weighted by Crippen LogP contribution is -2.41. The molecule has 0 atom stereocenters. The zero-order chi connectivity index (χ0) is 23.4. The molecule has 0 spiro atoms. The highest BCUT2D eigenvalue weighted by Crippen LogP contribution is 2.34. The third kappa shape index (κ3) is 5.44. The van der Waals surface area contributed by atoms with Gasteiger partial charge < -0.3 is 5.32 Å². The molecule has 0 fully saturated rings. The number of sulfonamides is 1. The molecule has 1 amide bonds. The molecule has 0 radical (unpaired) electrons. The number of amides is 1. The quantitative estimate of drug-likeness (QED) is 0.527. The van der Waals surface area contributed by atoms with Crippen molar-refractivity contribution in [1.82, 2.24) is 5.32 Å². The maximum atomic E-state index is 14.5. The number of carbonyl (C=O) groups excluding carboxylic acids is 1. The van der Waals surface area contributed by atoms with Gasteiger partial charge in [-0.3, -0.25) is 9.10 Å². The number of hydrogen-bond donors (Lipinski definition) is 1. The Kier molecular flexibility index (Phi) is 6.83. The van der Waals surface area contributed by atoms with Gasteiger partial charge in [0.15, 0.2) is 0 Å². The van der Waals surface area contributed by atoms with Crippen molar-refractivity contribution in [3.05, 3.63) is 95.8 Å². The SMILES string of the molecule is O=C(CN(c1cc(C(F)(F)F)ccc1F)S(=O)(=O)c1ccccc1)NCc1ccccc1. The predicted molar refractivity (Wildman–Crippen MR) is 111 cm³/mol. The van der Waals surface area contributed by atoms with Gasteiger partial charge in [-0.25, -0.2) is 12.8 Å². The van der Waals surface area contributed by atoms with Gasteiger partial charge in [0, 0.05) is 6.54 Å². The van der Waals surface area contributed by atoms with Crippen molar-refractivity contribution in [1.29, 1.82) is 0 Å². The summed E-state index contributed by atoms with van der Waals surface area (Å²) in [6, 6.07) is 16.9. The fraction of sp³-hybridized carbons (Fsp3) is 0.136. The minimum absolute atomic E-state index is 0.0595. The second-order valence-electron chi connectivity index (χ2n) is 6.75. The van der Waals surface area contributed by atoms with Crippen molar-refractivity contribution in [2.45, 2.75) is 17.6 Å². The van der Waals surface area contributed by atoms with Crippen LogP contribution >= 0.6 is 0 Å². The maximum absolute atomic E-state index is 14.5. The lowest BCUT2D eigenvalue weighted by molar-refractivity contribution is -0.137. The second kappa shape index (κ2) is 9.39. The normalized spacial score (nSPS) is 11.8. The van der Waals surface area contributed by atoms with Gasteiger partial charge in [-0.1, -0.05) is 48.5 Å². The molecule has 0 unspecified atom stereocenters. The Balaban J connectivity index is 1.98. The molecule has 0 saturated heterocycles. The van der Waals surface area contributed by atoms with Gasteiger partial charge in [-0.15, -0.1) is 0 Å². The van der Waals surface area contributed by atoms with Gasteiger partial charge in [-0.05, 0) is 35.9 Å². The van der Waals surface area contributed by atoms with E-state index < -0.39 is 45.7 Å². The molecule has 10 heteroatoms. The van der Waals surface area contributed by atoms with Crippen LogP contribution in [-0.2, 0) is 27.5 Å². The summed E-state index contributed by atoms with van der Waals surface area (Å²) in [4.78, 5) is 12.2. The number of nitrogens with zero attached hydrogens (tertiary/aromatic N) is 1. The Bertz CT molecular complexity index is 1180. The monoisotopic (exact) mass is 466 g/mol. The van der Waals surface area contributed by atoms with E-state index in [0.717, 1.165) is 5.56 Å². The number of halogens is 4. The first-order valence-corrected chi connectivity index (χ1v) is 10.8. The Morgan fingerprint density at radius 2 is 1.50 bits per heavy atom. The highest BCUT2D eigenvalue weighted by atomic mass is 32.2. The lowest BCUT2D eigenvalue weighted by Gasteiger charge is -2.25. The first-order chi connectivity index (χ1) is 15.1. The third-order valence-corrected chi connectivity index (χ3v) is 6.27. The summed E-state index contributed by atoms with van der Waals surface area (Å²) >= 11 is 0. The zero-order valence-electron chi connectivity index (χ0n) is 16.5. The van der Waals surface area contributed by atoms with Gasteiger partial charge in [0.25, 0.3) is 10.0 Å². The molecule has 0 bridgehead atoms. The Morgan fingerprint density at radius 1 is 0.906 bits per heavy atom. The van der Waals surface area contributed by atoms with E-state index in [1.54, 1.807) is 36.4 Å². The molecule has 5 nitrogen and oxygen atoms in total. The molecule has 3 aromatic carbocycles. The molecule has 0 heterocycles. The summed E-state index contributed by atoms with van der Waals surface area (Å²) in [6.07, 6.45) is -4.83. The number of carbonyl (C=O) groups is 1. The van der Waals surface area contributed by atoms with Crippen LogP contribution in [0.4, 0.5) is 23.2 Å². The number of alkyl halides is 3. The molecule has 0 aromatic heterocycles. The molecule has 168 valence electrons. The third-order valence-electron chi connectivity index (χ3n) is 4.49. The predicted octanol–water partition coefficient (Wildman–Crippen LogP) is 4.36. The van der Waals surface area contributed by atoms with Crippen LogP contribution in [0.15, 0.2) is 83.8 Å². The summed E-state index contributed by atoms with van der Waals surface area (Å²) in [7, 11) is -4.55. The van der Waals surface area contributed by atoms with Crippen molar-refractivity contribution >= 4 is 21.6 Å². The summed E-state index contributed by atoms with van der Waals surface area (Å²) in [5, 5.41) is 2.50. The minimum Gasteiger partial charge on any atom is -0.350 e. The first kappa shape index (κ1) is 23.3. The van der Waals surface area contributed by atoms with Crippen LogP contribution in [0.25, 0.3) is 0 Å². The van der Waals surface area contributed by atoms with Crippen molar-refractivity contribution in [2.75, 3.05) is 10.8 Å². The van der Waals surface area contributed by atoms with Crippen LogP contribution in [0.1, 0.15) is 11.1 Å². The van der Waals surface area contributed by atoms with Crippen molar-refractivity contribution in [2.24, 2.45) is 0 Å². The zero-order valence-corrected chi connectivity index (χ0v) is 17.3. The molecule has 0 aliphatic carbocycles. The molecule has 32 heavy (non-hydrogen) atoms. The van der Waals surface area contributed by atoms with Crippen molar-refractivity contribution in [3.8, 4) is 0 Å². The van der Waals surface area contributed by atoms with Gasteiger partial charge >= 0.3 is 6.18 Å². The summed E-state index contributed by atoms with van der Waals surface area (Å²) in [6.45, 7) is -0.855.